The maximum atomic E-state index is 13.0. The molecule has 0 unspecified atom stereocenters. The van der Waals surface area contributed by atoms with Gasteiger partial charge in [-0.2, -0.15) is 0 Å². The fourth-order valence-corrected chi connectivity index (χ4v) is 3.57. The average molecular weight is 440 g/mol. The van der Waals surface area contributed by atoms with E-state index in [4.69, 9.17) is 9.47 Å². The third-order valence-corrected chi connectivity index (χ3v) is 5.09. The van der Waals surface area contributed by atoms with E-state index in [1.165, 1.54) is 36.4 Å². The third kappa shape index (κ3) is 3.77. The van der Waals surface area contributed by atoms with Gasteiger partial charge in [0, 0.05) is 16.7 Å². The molecule has 1 fully saturated rings. The monoisotopic (exact) mass is 440 g/mol. The van der Waals surface area contributed by atoms with Crippen molar-refractivity contribution in [3.05, 3.63) is 58.7 Å². The van der Waals surface area contributed by atoms with Crippen molar-refractivity contribution in [2.24, 2.45) is 0 Å². The van der Waals surface area contributed by atoms with Gasteiger partial charge in [0.05, 0.1) is 12.2 Å². The summed E-state index contributed by atoms with van der Waals surface area (Å²) < 4.78 is 10.9. The molecule has 4 N–H and O–H groups in total. The van der Waals surface area contributed by atoms with Crippen LogP contribution in [-0.4, -0.2) is 69.3 Å². The number of aliphatic hydroxyl groups excluding tert-OH is 4. The number of hydrogen-bond donors (Lipinski definition) is 4. The molecule has 1 aliphatic heterocycles. The second-order valence-electron chi connectivity index (χ2n) is 6.83. The summed E-state index contributed by atoms with van der Waals surface area (Å²) in [6.45, 7) is -0.651. The van der Waals surface area contributed by atoms with E-state index in [0.717, 1.165) is 0 Å². The van der Waals surface area contributed by atoms with Gasteiger partial charge in [-0.25, -0.2) is 0 Å². The molecule has 0 bridgehead atoms. The molecule has 152 valence electrons. The maximum Gasteiger partial charge on any atom is 1.00 e. The van der Waals surface area contributed by atoms with Gasteiger partial charge in [0.15, 0.2) is 11.6 Å². The molecule has 0 saturated carbocycles. The molecule has 9 nitrogen and oxygen atoms in total. The second-order valence-corrected chi connectivity index (χ2v) is 6.83. The van der Waals surface area contributed by atoms with Crippen molar-refractivity contribution in [2.75, 3.05) is 6.61 Å². The molecule has 4 rings (SSSR count). The zero-order valence-electron chi connectivity index (χ0n) is 15.9. The topological polar surface area (TPSA) is 157 Å². The number of ether oxygens (including phenoxy) is 2. The first kappa shape index (κ1) is 23.5. The van der Waals surface area contributed by atoms with Gasteiger partial charge in [-0.05, 0) is 6.07 Å². The van der Waals surface area contributed by atoms with Gasteiger partial charge in [0.1, 0.15) is 30.2 Å². The van der Waals surface area contributed by atoms with E-state index in [2.05, 4.69) is 0 Å². The van der Waals surface area contributed by atoms with Crippen LogP contribution in [0.5, 0.6) is 11.5 Å². The van der Waals surface area contributed by atoms with Crippen molar-refractivity contribution < 1.29 is 96.0 Å². The van der Waals surface area contributed by atoms with E-state index < -0.39 is 54.6 Å². The Morgan fingerprint density at radius 2 is 1.53 bits per heavy atom. The van der Waals surface area contributed by atoms with Gasteiger partial charge in [0.25, 0.3) is 0 Å². The van der Waals surface area contributed by atoms with Crippen molar-refractivity contribution in [3.63, 3.8) is 0 Å². The normalized spacial score (nSPS) is 27.7. The molecule has 10 heteroatoms. The fourth-order valence-electron chi connectivity index (χ4n) is 3.57. The van der Waals surface area contributed by atoms with Crippen LogP contribution in [0.1, 0.15) is 31.8 Å². The number of aliphatic hydroxyl groups is 4. The minimum atomic E-state index is -1.69. The quantitative estimate of drug-likeness (QED) is 0.296. The molecule has 1 heterocycles. The molecule has 0 amide bonds. The average Bonchev–Trinajstić information content (AvgIpc) is 2.72. The van der Waals surface area contributed by atoms with Crippen molar-refractivity contribution in [1.29, 1.82) is 0 Å². The third-order valence-electron chi connectivity index (χ3n) is 5.09. The molecule has 0 radical (unpaired) electrons. The molecular weight excluding hydrogens is 423 g/mol. The summed E-state index contributed by atoms with van der Waals surface area (Å²) in [5, 5.41) is 51.4. The molecular formula is C20H17KO9. The van der Waals surface area contributed by atoms with E-state index in [-0.39, 0.29) is 79.4 Å². The van der Waals surface area contributed by atoms with Crippen molar-refractivity contribution in [1.82, 2.24) is 0 Å². The minimum absolute atomic E-state index is 0. The smallest absolute Gasteiger partial charge is 0.872 e. The number of rotatable bonds is 3. The summed E-state index contributed by atoms with van der Waals surface area (Å²) in [6, 6.07) is 8.18. The SMILES string of the molecule is O=C1c2cccc([O-])c2C(=O)c2c(O[C@@H]3O[C@H](CO)[C@@H](O)[C@H](O)[C@H]3O)cccc21.[K+]. The van der Waals surface area contributed by atoms with Gasteiger partial charge in [-0.1, -0.05) is 36.1 Å². The number of carbonyl (C=O) groups is 2. The molecule has 2 aromatic carbocycles. The van der Waals surface area contributed by atoms with Gasteiger partial charge >= 0.3 is 51.4 Å². The minimum Gasteiger partial charge on any atom is -0.872 e. The van der Waals surface area contributed by atoms with Crippen LogP contribution < -0.4 is 61.2 Å². The Morgan fingerprint density at radius 1 is 0.900 bits per heavy atom. The molecule has 0 aromatic heterocycles. The Kier molecular flexibility index (Phi) is 7.14. The van der Waals surface area contributed by atoms with Gasteiger partial charge in [0.2, 0.25) is 6.29 Å². The fraction of sp³-hybridized carbons (Fsp3) is 0.300. The summed E-state index contributed by atoms with van der Waals surface area (Å²) in [7, 11) is 0. The Morgan fingerprint density at radius 3 is 2.20 bits per heavy atom. The largest absolute Gasteiger partial charge is 1.00 e. The van der Waals surface area contributed by atoms with E-state index in [1.807, 2.05) is 0 Å². The molecule has 30 heavy (non-hydrogen) atoms. The Labute approximate surface area is 213 Å². The number of fused-ring (bicyclic) bond motifs is 2. The molecule has 1 aliphatic carbocycles. The first-order chi connectivity index (χ1) is 13.8. The van der Waals surface area contributed by atoms with Gasteiger partial charge in [-0.15, -0.1) is 0 Å². The molecule has 5 atom stereocenters. The van der Waals surface area contributed by atoms with Crippen molar-refractivity contribution in [3.8, 4) is 11.5 Å². The van der Waals surface area contributed by atoms with Crippen LogP contribution in [0.4, 0.5) is 0 Å². The number of benzene rings is 2. The van der Waals surface area contributed by atoms with Crippen LogP contribution in [-0.2, 0) is 4.74 Å². The Balaban J connectivity index is 0.00000256. The predicted octanol–water partition coefficient (Wildman–Crippen LogP) is -4.28. The number of ketones is 2. The summed E-state index contributed by atoms with van der Waals surface area (Å²) in [5.74, 6) is -1.97. The van der Waals surface area contributed by atoms with Crippen molar-refractivity contribution >= 4 is 11.6 Å². The maximum absolute atomic E-state index is 13.0. The van der Waals surface area contributed by atoms with Crippen LogP contribution in [0.25, 0.3) is 0 Å². The molecule has 0 spiro atoms. The standard InChI is InChI=1S/C20H18O9.K/c21-7-12-16(24)18(26)19(27)20(29-12)28-11-6-2-4-9-14(11)17(25)13-8(15(9)23)3-1-5-10(13)22;/h1-6,12,16,18-22,24,26-27H,7H2;/q;+1/p-1/t12-,16-,18+,19-,20-;/m1./s1. The first-order valence-electron chi connectivity index (χ1n) is 8.84. The summed E-state index contributed by atoms with van der Waals surface area (Å²) in [5.41, 5.74) is -0.407. The number of hydrogen-bond acceptors (Lipinski definition) is 9. The Bertz CT molecular complexity index is 990. The number of carbonyl (C=O) groups excluding carboxylic acids is 2. The predicted molar refractivity (Wildman–Crippen MR) is 93.6 cm³/mol. The summed E-state index contributed by atoms with van der Waals surface area (Å²) >= 11 is 0. The van der Waals surface area contributed by atoms with Crippen LogP contribution in [0, 0.1) is 0 Å². The van der Waals surface area contributed by atoms with Gasteiger partial charge < -0.3 is 35.0 Å². The van der Waals surface area contributed by atoms with Gasteiger partial charge in [-0.3, -0.25) is 9.59 Å². The zero-order valence-corrected chi connectivity index (χ0v) is 19.0. The van der Waals surface area contributed by atoms with E-state index in [0.29, 0.717) is 0 Å². The Hall–Kier alpha value is -1.18. The van der Waals surface area contributed by atoms with Crippen LogP contribution in [0.15, 0.2) is 36.4 Å². The van der Waals surface area contributed by atoms with E-state index >= 15 is 0 Å². The molecule has 2 aliphatic rings. The zero-order chi connectivity index (χ0) is 20.9. The molecule has 2 aromatic rings. The van der Waals surface area contributed by atoms with E-state index in [1.54, 1.807) is 0 Å². The van der Waals surface area contributed by atoms with Crippen LogP contribution in [0.3, 0.4) is 0 Å². The second kappa shape index (κ2) is 9.13. The van der Waals surface area contributed by atoms with Crippen LogP contribution >= 0.6 is 0 Å². The summed E-state index contributed by atoms with van der Waals surface area (Å²) in [4.78, 5) is 25.8. The summed E-state index contributed by atoms with van der Waals surface area (Å²) in [6.07, 6.45) is -7.68. The van der Waals surface area contributed by atoms with Crippen molar-refractivity contribution in [2.45, 2.75) is 30.7 Å². The van der Waals surface area contributed by atoms with E-state index in [9.17, 15) is 35.1 Å². The first-order valence-corrected chi connectivity index (χ1v) is 8.84. The van der Waals surface area contributed by atoms with Crippen LogP contribution in [0.2, 0.25) is 0 Å². The molecule has 1 saturated heterocycles.